The van der Waals surface area contributed by atoms with Gasteiger partial charge in [-0.1, -0.05) is 13.8 Å². The highest BCUT2D eigenvalue weighted by Gasteiger charge is 2.51. The summed E-state index contributed by atoms with van der Waals surface area (Å²) in [5, 5.41) is 0. The molecular weight excluding hydrogens is 283 g/mol. The summed E-state index contributed by atoms with van der Waals surface area (Å²) >= 11 is 1.72. The van der Waals surface area contributed by atoms with Gasteiger partial charge in [-0.2, -0.15) is 0 Å². The Kier molecular flexibility index (Phi) is 5.03. The molecular formula is C15H25BN2O2S. The number of rotatable bonds is 5. The Balaban J connectivity index is 2.15. The van der Waals surface area contributed by atoms with Crippen LogP contribution < -0.4 is 5.46 Å². The highest BCUT2D eigenvalue weighted by molar-refractivity contribution is 7.97. The van der Waals surface area contributed by atoms with Crippen molar-refractivity contribution in [3.8, 4) is 0 Å². The van der Waals surface area contributed by atoms with E-state index in [-0.39, 0.29) is 18.3 Å². The van der Waals surface area contributed by atoms with E-state index < -0.39 is 0 Å². The molecule has 4 nitrogen and oxygen atoms in total. The number of aromatic nitrogens is 1. The Morgan fingerprint density at radius 3 is 2.19 bits per heavy atom. The summed E-state index contributed by atoms with van der Waals surface area (Å²) < 4.78 is 14.4. The maximum absolute atomic E-state index is 6.08. The summed E-state index contributed by atoms with van der Waals surface area (Å²) in [6, 6.07) is 2.11. The van der Waals surface area contributed by atoms with Crippen LogP contribution in [-0.4, -0.2) is 40.7 Å². The average molecular weight is 308 g/mol. The van der Waals surface area contributed by atoms with Gasteiger partial charge in [0.05, 0.1) is 11.2 Å². The Bertz CT molecular complexity index is 476. The largest absolute Gasteiger partial charge is 0.496 e. The van der Waals surface area contributed by atoms with Gasteiger partial charge in [0.2, 0.25) is 0 Å². The van der Waals surface area contributed by atoms with Gasteiger partial charge >= 0.3 is 7.12 Å². The highest BCUT2D eigenvalue weighted by atomic mass is 32.2. The minimum absolute atomic E-state index is 0.320. The molecule has 2 heterocycles. The van der Waals surface area contributed by atoms with Gasteiger partial charge in [0.1, 0.15) is 0 Å². The van der Waals surface area contributed by atoms with Crippen molar-refractivity contribution >= 4 is 24.5 Å². The van der Waals surface area contributed by atoms with E-state index in [9.17, 15) is 0 Å². The molecule has 116 valence electrons. The maximum Gasteiger partial charge on any atom is 0.496 e. The first-order valence-electron chi connectivity index (χ1n) is 7.52. The molecule has 6 heteroatoms. The average Bonchev–Trinajstić information content (AvgIpc) is 2.65. The van der Waals surface area contributed by atoms with Crippen molar-refractivity contribution in [2.24, 2.45) is 0 Å². The lowest BCUT2D eigenvalue weighted by Crippen LogP contribution is -2.41. The maximum atomic E-state index is 6.08. The lowest BCUT2D eigenvalue weighted by atomic mass is 9.80. The zero-order valence-electron chi connectivity index (χ0n) is 13.8. The second-order valence-corrected chi connectivity index (χ2v) is 7.42. The lowest BCUT2D eigenvalue weighted by Gasteiger charge is -2.32. The Hall–Kier alpha value is -0.555. The molecule has 0 aromatic carbocycles. The van der Waals surface area contributed by atoms with E-state index in [1.54, 1.807) is 11.9 Å². The fourth-order valence-corrected chi connectivity index (χ4v) is 2.95. The second kappa shape index (κ2) is 6.28. The predicted molar refractivity (Wildman–Crippen MR) is 88.7 cm³/mol. The van der Waals surface area contributed by atoms with Crippen LogP contribution in [0.15, 0.2) is 23.4 Å². The number of hydrogen-bond donors (Lipinski definition) is 0. The van der Waals surface area contributed by atoms with Crippen LogP contribution in [-0.2, 0) is 9.31 Å². The summed E-state index contributed by atoms with van der Waals surface area (Å²) in [7, 11) is -0.347. The van der Waals surface area contributed by atoms with Crippen LogP contribution in [0.3, 0.4) is 0 Å². The van der Waals surface area contributed by atoms with Crippen LogP contribution in [0, 0.1) is 0 Å². The van der Waals surface area contributed by atoms with Gasteiger partial charge in [-0.3, -0.25) is 4.98 Å². The van der Waals surface area contributed by atoms with Crippen LogP contribution >= 0.6 is 11.9 Å². The molecule has 0 radical (unpaired) electrons. The smallest absolute Gasteiger partial charge is 0.399 e. The van der Waals surface area contributed by atoms with E-state index in [1.807, 2.05) is 12.4 Å². The lowest BCUT2D eigenvalue weighted by molar-refractivity contribution is 0.00578. The first-order chi connectivity index (χ1) is 9.79. The fourth-order valence-electron chi connectivity index (χ4n) is 2.10. The molecule has 0 amide bonds. The molecule has 1 aromatic heterocycles. The summed E-state index contributed by atoms with van der Waals surface area (Å²) in [4.78, 5) is 5.46. The van der Waals surface area contributed by atoms with Crippen molar-refractivity contribution in [3.63, 3.8) is 0 Å². The van der Waals surface area contributed by atoms with Gasteiger partial charge in [-0.05, 0) is 45.7 Å². The fraction of sp³-hybridized carbons (Fsp3) is 0.667. The van der Waals surface area contributed by atoms with Crippen molar-refractivity contribution in [3.05, 3.63) is 18.5 Å². The van der Waals surface area contributed by atoms with Gasteiger partial charge in [-0.25, -0.2) is 4.31 Å². The van der Waals surface area contributed by atoms with E-state index in [2.05, 4.69) is 56.9 Å². The van der Waals surface area contributed by atoms with Gasteiger partial charge in [0.15, 0.2) is 0 Å². The molecule has 0 N–H and O–H groups in total. The third kappa shape index (κ3) is 3.62. The van der Waals surface area contributed by atoms with Crippen LogP contribution in [0.1, 0.15) is 41.5 Å². The van der Waals surface area contributed by atoms with Crippen LogP contribution in [0.2, 0.25) is 0 Å². The molecule has 0 spiro atoms. The number of hydrogen-bond acceptors (Lipinski definition) is 5. The minimum atomic E-state index is -0.347. The zero-order chi connectivity index (χ0) is 15.7. The Morgan fingerprint density at radius 1 is 1.10 bits per heavy atom. The molecule has 2 rings (SSSR count). The molecule has 0 unspecified atom stereocenters. The third-order valence-electron chi connectivity index (χ3n) is 4.20. The monoisotopic (exact) mass is 308 g/mol. The van der Waals surface area contributed by atoms with Crippen LogP contribution in [0.5, 0.6) is 0 Å². The topological polar surface area (TPSA) is 34.6 Å². The van der Waals surface area contributed by atoms with Crippen molar-refractivity contribution in [2.45, 2.75) is 57.6 Å². The quantitative estimate of drug-likeness (QED) is 0.617. The minimum Gasteiger partial charge on any atom is -0.399 e. The summed E-state index contributed by atoms with van der Waals surface area (Å²) in [6.07, 6.45) is 3.71. The molecule has 0 saturated carbocycles. The van der Waals surface area contributed by atoms with Gasteiger partial charge in [-0.15, -0.1) is 0 Å². The number of nitrogens with zero attached hydrogens (tertiary/aromatic N) is 2. The SMILES string of the molecule is CCN(CC)Sc1cncc(B2OC(C)(C)C(C)(C)O2)c1. The highest BCUT2D eigenvalue weighted by Crippen LogP contribution is 2.36. The van der Waals surface area contributed by atoms with Crippen molar-refractivity contribution in [2.75, 3.05) is 13.1 Å². The molecule has 1 fully saturated rings. The normalized spacial score (nSPS) is 20.2. The molecule has 0 aliphatic carbocycles. The summed E-state index contributed by atoms with van der Waals surface area (Å²) in [5.41, 5.74) is 0.338. The first-order valence-corrected chi connectivity index (χ1v) is 8.30. The van der Waals surface area contributed by atoms with Gasteiger partial charge in [0, 0.05) is 35.8 Å². The Morgan fingerprint density at radius 2 is 1.67 bits per heavy atom. The molecule has 1 aliphatic heterocycles. The first kappa shape index (κ1) is 16.8. The van der Waals surface area contributed by atoms with Crippen molar-refractivity contribution in [1.82, 2.24) is 9.29 Å². The molecule has 0 bridgehead atoms. The molecule has 1 aromatic rings. The van der Waals surface area contributed by atoms with E-state index in [4.69, 9.17) is 9.31 Å². The molecule has 1 saturated heterocycles. The second-order valence-electron chi connectivity index (χ2n) is 6.25. The van der Waals surface area contributed by atoms with E-state index in [0.29, 0.717) is 0 Å². The molecule has 1 aliphatic rings. The van der Waals surface area contributed by atoms with Crippen molar-refractivity contribution < 1.29 is 9.31 Å². The van der Waals surface area contributed by atoms with Crippen molar-refractivity contribution in [1.29, 1.82) is 0 Å². The predicted octanol–water partition coefficient (Wildman–Crippen LogP) is 2.73. The van der Waals surface area contributed by atoms with Crippen LogP contribution in [0.25, 0.3) is 0 Å². The van der Waals surface area contributed by atoms with E-state index in [1.165, 1.54) is 0 Å². The van der Waals surface area contributed by atoms with Gasteiger partial charge < -0.3 is 9.31 Å². The zero-order valence-corrected chi connectivity index (χ0v) is 14.7. The summed E-state index contributed by atoms with van der Waals surface area (Å²) in [6.45, 7) is 14.6. The van der Waals surface area contributed by atoms with Gasteiger partial charge in [0.25, 0.3) is 0 Å². The molecule has 21 heavy (non-hydrogen) atoms. The summed E-state index contributed by atoms with van der Waals surface area (Å²) in [5.74, 6) is 0. The van der Waals surface area contributed by atoms with Crippen LogP contribution in [0.4, 0.5) is 0 Å². The Labute approximate surface area is 132 Å². The standard InChI is InChI=1S/C15H25BN2O2S/c1-7-18(8-2)21-13-9-12(10-17-11-13)16-19-14(3,4)15(5,6)20-16/h9-11H,7-8H2,1-6H3. The van der Waals surface area contributed by atoms with E-state index >= 15 is 0 Å². The third-order valence-corrected chi connectivity index (χ3v) is 5.41. The number of pyridine rings is 1. The van der Waals surface area contributed by atoms with E-state index in [0.717, 1.165) is 23.4 Å². The molecule has 0 atom stereocenters.